The van der Waals surface area contributed by atoms with Crippen molar-refractivity contribution < 1.29 is 4.74 Å². The van der Waals surface area contributed by atoms with E-state index in [2.05, 4.69) is 39.0 Å². The lowest BCUT2D eigenvalue weighted by Crippen LogP contribution is -2.21. The Balaban J connectivity index is 2.88. The fourth-order valence-electron chi connectivity index (χ4n) is 1.95. The Kier molecular flexibility index (Phi) is 5.38. The standard InChI is InChI=1S/C16H24N2O/c1-16(2,3)14-6-7-15(19-5)13(12-14)8-10-18(4)11-9-17/h6-7,12H,8,10-11H2,1-5H3. The lowest BCUT2D eigenvalue weighted by molar-refractivity contribution is 0.370. The van der Waals surface area contributed by atoms with Crippen LogP contribution >= 0.6 is 0 Å². The fourth-order valence-corrected chi connectivity index (χ4v) is 1.95. The van der Waals surface area contributed by atoms with Gasteiger partial charge in [0.2, 0.25) is 0 Å². The molecule has 0 aromatic heterocycles. The minimum atomic E-state index is 0.138. The summed E-state index contributed by atoms with van der Waals surface area (Å²) in [5.41, 5.74) is 2.66. The quantitative estimate of drug-likeness (QED) is 0.764. The third-order valence-corrected chi connectivity index (χ3v) is 3.25. The molecule has 1 rings (SSSR count). The maximum atomic E-state index is 8.67. The van der Waals surface area contributed by atoms with Crippen LogP contribution in [0.2, 0.25) is 0 Å². The predicted octanol–water partition coefficient (Wildman–Crippen LogP) is 2.99. The van der Waals surface area contributed by atoms with Gasteiger partial charge in [-0.3, -0.25) is 4.90 Å². The zero-order valence-electron chi connectivity index (χ0n) is 12.7. The average molecular weight is 260 g/mol. The first-order valence-corrected chi connectivity index (χ1v) is 6.61. The van der Waals surface area contributed by atoms with Gasteiger partial charge in [0, 0.05) is 6.54 Å². The van der Waals surface area contributed by atoms with E-state index >= 15 is 0 Å². The molecule has 3 heteroatoms. The second kappa shape index (κ2) is 6.58. The molecular weight excluding hydrogens is 236 g/mol. The Labute approximate surface area is 116 Å². The highest BCUT2D eigenvalue weighted by atomic mass is 16.5. The minimum absolute atomic E-state index is 0.138. The highest BCUT2D eigenvalue weighted by molar-refractivity contribution is 5.39. The molecule has 104 valence electrons. The van der Waals surface area contributed by atoms with Gasteiger partial charge in [-0.05, 0) is 36.1 Å². The van der Waals surface area contributed by atoms with Gasteiger partial charge < -0.3 is 4.74 Å². The van der Waals surface area contributed by atoms with Crippen LogP contribution in [0.15, 0.2) is 18.2 Å². The van der Waals surface area contributed by atoms with Crippen molar-refractivity contribution in [3.8, 4) is 11.8 Å². The summed E-state index contributed by atoms with van der Waals surface area (Å²) < 4.78 is 5.42. The first-order chi connectivity index (χ1) is 8.88. The molecule has 0 spiro atoms. The lowest BCUT2D eigenvalue weighted by Gasteiger charge is -2.22. The van der Waals surface area contributed by atoms with E-state index in [0.717, 1.165) is 18.7 Å². The van der Waals surface area contributed by atoms with Crippen LogP contribution in [-0.2, 0) is 11.8 Å². The number of benzene rings is 1. The normalized spacial score (nSPS) is 11.4. The summed E-state index contributed by atoms with van der Waals surface area (Å²) in [4.78, 5) is 2.02. The van der Waals surface area contributed by atoms with Gasteiger partial charge in [-0.1, -0.05) is 32.9 Å². The molecule has 0 heterocycles. The summed E-state index contributed by atoms with van der Waals surface area (Å²) in [6.45, 7) is 7.94. The fraction of sp³-hybridized carbons (Fsp3) is 0.562. The van der Waals surface area contributed by atoms with E-state index in [1.54, 1.807) is 7.11 Å². The van der Waals surface area contributed by atoms with Gasteiger partial charge >= 0.3 is 0 Å². The maximum absolute atomic E-state index is 8.67. The Morgan fingerprint density at radius 2 is 2.00 bits per heavy atom. The molecule has 0 bridgehead atoms. The van der Waals surface area contributed by atoms with Crippen molar-refractivity contribution in [2.24, 2.45) is 0 Å². The number of nitrogens with zero attached hydrogens (tertiary/aromatic N) is 2. The summed E-state index contributed by atoms with van der Waals surface area (Å²) in [6.07, 6.45) is 0.894. The Hall–Kier alpha value is -1.53. The molecule has 1 aromatic carbocycles. The highest BCUT2D eigenvalue weighted by Crippen LogP contribution is 2.28. The molecule has 0 atom stereocenters. The van der Waals surface area contributed by atoms with Crippen molar-refractivity contribution in [3.05, 3.63) is 29.3 Å². The smallest absolute Gasteiger partial charge is 0.122 e. The van der Waals surface area contributed by atoms with Gasteiger partial charge in [0.1, 0.15) is 5.75 Å². The van der Waals surface area contributed by atoms with E-state index in [1.165, 1.54) is 11.1 Å². The van der Waals surface area contributed by atoms with Crippen LogP contribution in [0.1, 0.15) is 31.9 Å². The molecule has 0 radical (unpaired) electrons. The number of likely N-dealkylation sites (N-methyl/N-ethyl adjacent to an activating group) is 1. The van der Waals surface area contributed by atoms with E-state index < -0.39 is 0 Å². The van der Waals surface area contributed by atoms with Crippen molar-refractivity contribution >= 4 is 0 Å². The Morgan fingerprint density at radius 1 is 1.32 bits per heavy atom. The van der Waals surface area contributed by atoms with E-state index in [1.807, 2.05) is 18.0 Å². The van der Waals surface area contributed by atoms with Crippen molar-refractivity contribution in [3.63, 3.8) is 0 Å². The molecule has 0 amide bonds. The van der Waals surface area contributed by atoms with Gasteiger partial charge in [0.15, 0.2) is 0 Å². The van der Waals surface area contributed by atoms with Crippen LogP contribution < -0.4 is 4.74 Å². The average Bonchev–Trinajstić information content (AvgIpc) is 2.35. The van der Waals surface area contributed by atoms with Crippen molar-refractivity contribution in [2.75, 3.05) is 27.2 Å². The van der Waals surface area contributed by atoms with Crippen LogP contribution in [0.3, 0.4) is 0 Å². The van der Waals surface area contributed by atoms with Gasteiger partial charge in [0.25, 0.3) is 0 Å². The third kappa shape index (κ3) is 4.57. The van der Waals surface area contributed by atoms with E-state index in [0.29, 0.717) is 6.54 Å². The van der Waals surface area contributed by atoms with Crippen molar-refractivity contribution in [1.82, 2.24) is 4.90 Å². The summed E-state index contributed by atoms with van der Waals surface area (Å²) in [5, 5.41) is 8.67. The molecule has 0 fully saturated rings. The first kappa shape index (κ1) is 15.5. The molecule has 0 aliphatic heterocycles. The van der Waals surface area contributed by atoms with Gasteiger partial charge in [-0.15, -0.1) is 0 Å². The van der Waals surface area contributed by atoms with Crippen molar-refractivity contribution in [1.29, 1.82) is 5.26 Å². The summed E-state index contributed by atoms with van der Waals surface area (Å²) in [6, 6.07) is 8.55. The summed E-state index contributed by atoms with van der Waals surface area (Å²) in [5.74, 6) is 0.929. The zero-order valence-corrected chi connectivity index (χ0v) is 12.7. The lowest BCUT2D eigenvalue weighted by atomic mass is 9.85. The SMILES string of the molecule is COc1ccc(C(C)(C)C)cc1CCN(C)CC#N. The minimum Gasteiger partial charge on any atom is -0.496 e. The number of ether oxygens (including phenoxy) is 1. The number of hydrogen-bond acceptors (Lipinski definition) is 3. The van der Waals surface area contributed by atoms with Gasteiger partial charge in [-0.2, -0.15) is 5.26 Å². The summed E-state index contributed by atoms with van der Waals surface area (Å²) >= 11 is 0. The molecule has 0 N–H and O–H groups in total. The largest absolute Gasteiger partial charge is 0.496 e. The maximum Gasteiger partial charge on any atom is 0.122 e. The number of nitriles is 1. The van der Waals surface area contributed by atoms with E-state index in [4.69, 9.17) is 10.00 Å². The molecular formula is C16H24N2O. The molecule has 0 aliphatic rings. The Bertz CT molecular complexity index is 455. The molecule has 1 aromatic rings. The number of methoxy groups -OCH3 is 1. The summed E-state index contributed by atoms with van der Waals surface area (Å²) in [7, 11) is 3.66. The van der Waals surface area contributed by atoms with Crippen LogP contribution in [-0.4, -0.2) is 32.1 Å². The van der Waals surface area contributed by atoms with Gasteiger partial charge in [0.05, 0.1) is 19.7 Å². The van der Waals surface area contributed by atoms with Crippen LogP contribution in [0.25, 0.3) is 0 Å². The number of rotatable bonds is 5. The molecule has 0 unspecified atom stereocenters. The topological polar surface area (TPSA) is 36.3 Å². The number of hydrogen-bond donors (Lipinski definition) is 0. The van der Waals surface area contributed by atoms with Gasteiger partial charge in [-0.25, -0.2) is 0 Å². The molecule has 0 aliphatic carbocycles. The second-order valence-corrected chi connectivity index (χ2v) is 5.92. The van der Waals surface area contributed by atoms with Crippen LogP contribution in [0.4, 0.5) is 0 Å². The second-order valence-electron chi connectivity index (χ2n) is 5.92. The third-order valence-electron chi connectivity index (χ3n) is 3.25. The zero-order chi connectivity index (χ0) is 14.5. The molecule has 3 nitrogen and oxygen atoms in total. The van der Waals surface area contributed by atoms with Crippen molar-refractivity contribution in [2.45, 2.75) is 32.6 Å². The molecule has 0 saturated carbocycles. The van der Waals surface area contributed by atoms with E-state index in [9.17, 15) is 0 Å². The predicted molar refractivity (Wildman–Crippen MR) is 78.5 cm³/mol. The molecule has 19 heavy (non-hydrogen) atoms. The monoisotopic (exact) mass is 260 g/mol. The first-order valence-electron chi connectivity index (χ1n) is 6.61. The Morgan fingerprint density at radius 3 is 2.53 bits per heavy atom. The molecule has 0 saturated heterocycles. The highest BCUT2D eigenvalue weighted by Gasteiger charge is 2.16. The van der Waals surface area contributed by atoms with Crippen LogP contribution in [0.5, 0.6) is 5.75 Å². The van der Waals surface area contributed by atoms with Crippen LogP contribution in [0, 0.1) is 11.3 Å². The van der Waals surface area contributed by atoms with E-state index in [-0.39, 0.29) is 5.41 Å².